The van der Waals surface area contributed by atoms with E-state index in [0.29, 0.717) is 19.8 Å². The molecule has 0 fully saturated rings. The number of ether oxygens (including phenoxy) is 2. The zero-order chi connectivity index (χ0) is 30.4. The third kappa shape index (κ3) is 5.95. The van der Waals surface area contributed by atoms with Crippen LogP contribution in [0.25, 0.3) is 0 Å². The minimum absolute atomic E-state index is 0.0874. The van der Waals surface area contributed by atoms with Crippen molar-refractivity contribution < 1.29 is 18.6 Å². The second kappa shape index (κ2) is 11.4. The first-order valence-electron chi connectivity index (χ1n) is 14.5. The molecule has 3 aromatic rings. The second-order valence-electron chi connectivity index (χ2n) is 14.5. The van der Waals surface area contributed by atoms with E-state index < -0.39 is 13.2 Å². The number of hydrogen-bond acceptors (Lipinski definition) is 4. The fraction of sp³-hybridized carbons (Fsp3) is 0.500. The SMILES string of the molecule is COCc1ccc(C(C)(C)C)cc1C1(c2cc(C(C)(C)C)ccc2COC)c2cc(C(C)(C)C)ccc2CO[P+]1=O. The number of rotatable bonds is 6. The van der Waals surface area contributed by atoms with Crippen molar-refractivity contribution in [2.75, 3.05) is 14.2 Å². The van der Waals surface area contributed by atoms with Crippen LogP contribution in [0.5, 0.6) is 0 Å². The zero-order valence-electron chi connectivity index (χ0n) is 26.9. The lowest BCUT2D eigenvalue weighted by molar-refractivity contribution is 0.182. The Bertz CT molecular complexity index is 1370. The smallest absolute Gasteiger partial charge is 0.380 e. The van der Waals surface area contributed by atoms with Gasteiger partial charge >= 0.3 is 8.03 Å². The van der Waals surface area contributed by atoms with Gasteiger partial charge in [-0.15, -0.1) is 4.52 Å². The molecular weight excluding hydrogens is 527 g/mol. The van der Waals surface area contributed by atoms with Crippen LogP contribution < -0.4 is 0 Å². The van der Waals surface area contributed by atoms with Gasteiger partial charge in [0.1, 0.15) is 6.61 Å². The Labute approximate surface area is 248 Å². The molecule has 3 aromatic carbocycles. The summed E-state index contributed by atoms with van der Waals surface area (Å²) in [5.74, 6) is 0. The Morgan fingerprint density at radius 3 is 1.44 bits per heavy atom. The van der Waals surface area contributed by atoms with E-state index in [1.54, 1.807) is 14.2 Å². The normalized spacial score (nSPS) is 16.5. The van der Waals surface area contributed by atoms with Crippen molar-refractivity contribution in [1.82, 2.24) is 0 Å². The molecule has 41 heavy (non-hydrogen) atoms. The van der Waals surface area contributed by atoms with Crippen molar-refractivity contribution >= 4 is 8.03 Å². The van der Waals surface area contributed by atoms with Crippen LogP contribution in [0.2, 0.25) is 0 Å². The molecule has 4 nitrogen and oxygen atoms in total. The maximum Gasteiger partial charge on any atom is 0.529 e. The van der Waals surface area contributed by atoms with Gasteiger partial charge in [0.2, 0.25) is 0 Å². The van der Waals surface area contributed by atoms with Gasteiger partial charge in [-0.25, -0.2) is 0 Å². The Morgan fingerprint density at radius 2 is 1.05 bits per heavy atom. The molecule has 1 aliphatic rings. The minimum atomic E-state index is -2.24. The Kier molecular flexibility index (Phi) is 8.76. The summed E-state index contributed by atoms with van der Waals surface area (Å²) in [6.07, 6.45) is 0. The Balaban J connectivity index is 2.28. The fourth-order valence-electron chi connectivity index (χ4n) is 5.78. The summed E-state index contributed by atoms with van der Waals surface area (Å²) in [4.78, 5) is 0. The molecule has 4 rings (SSSR count). The van der Waals surface area contributed by atoms with E-state index in [0.717, 1.165) is 33.4 Å². The van der Waals surface area contributed by atoms with E-state index in [4.69, 9.17) is 14.0 Å². The standard InChI is InChI=1S/C36H48O4P/c1-33(2,3)27-15-12-24(21-38-10)30(18-27)36(31-19-28(34(4,5)6)16-13-25(31)22-39-11)32-20-29(35(7,8)9)17-14-26(32)23-40-41(36)37/h12-20H,21-23H2,1-11H3/q+1. The van der Waals surface area contributed by atoms with Crippen LogP contribution in [-0.2, 0) is 59.8 Å². The summed E-state index contributed by atoms with van der Waals surface area (Å²) in [6, 6.07) is 19.8. The third-order valence-electron chi connectivity index (χ3n) is 8.31. The van der Waals surface area contributed by atoms with Gasteiger partial charge < -0.3 is 9.47 Å². The highest BCUT2D eigenvalue weighted by Gasteiger charge is 2.61. The molecule has 0 N–H and O–H groups in total. The Hall–Kier alpha value is -2.36. The van der Waals surface area contributed by atoms with Gasteiger partial charge in [-0.2, -0.15) is 0 Å². The first-order valence-corrected chi connectivity index (χ1v) is 15.7. The van der Waals surface area contributed by atoms with Gasteiger partial charge in [0.25, 0.3) is 5.16 Å². The molecule has 220 valence electrons. The topological polar surface area (TPSA) is 44.8 Å². The van der Waals surface area contributed by atoms with E-state index in [9.17, 15) is 4.57 Å². The molecule has 0 radical (unpaired) electrons. The quantitative estimate of drug-likeness (QED) is 0.275. The van der Waals surface area contributed by atoms with Gasteiger partial charge in [-0.05, 0) is 72.4 Å². The molecule has 1 unspecified atom stereocenters. The lowest BCUT2D eigenvalue weighted by Gasteiger charge is -2.35. The fourth-order valence-corrected chi connectivity index (χ4v) is 7.45. The van der Waals surface area contributed by atoms with Crippen molar-refractivity contribution in [1.29, 1.82) is 0 Å². The van der Waals surface area contributed by atoms with Crippen LogP contribution in [0.15, 0.2) is 54.6 Å². The maximum absolute atomic E-state index is 14.9. The minimum Gasteiger partial charge on any atom is -0.380 e. The number of hydrogen-bond donors (Lipinski definition) is 0. The molecule has 0 amide bonds. The average Bonchev–Trinajstić information content (AvgIpc) is 2.88. The monoisotopic (exact) mass is 575 g/mol. The van der Waals surface area contributed by atoms with Gasteiger partial charge in [0.15, 0.2) is 0 Å². The lowest BCUT2D eigenvalue weighted by Crippen LogP contribution is -2.34. The van der Waals surface area contributed by atoms with Crippen LogP contribution in [0, 0.1) is 0 Å². The van der Waals surface area contributed by atoms with Gasteiger partial charge in [-0.3, -0.25) is 0 Å². The highest BCUT2D eigenvalue weighted by molar-refractivity contribution is 7.41. The lowest BCUT2D eigenvalue weighted by atomic mass is 9.73. The second-order valence-corrected chi connectivity index (χ2v) is 15.9. The van der Waals surface area contributed by atoms with Crippen molar-refractivity contribution in [2.24, 2.45) is 0 Å². The van der Waals surface area contributed by atoms with E-state index in [1.165, 1.54) is 16.7 Å². The maximum atomic E-state index is 14.9. The van der Waals surface area contributed by atoms with Crippen LogP contribution in [0.3, 0.4) is 0 Å². The third-order valence-corrected chi connectivity index (χ3v) is 9.94. The molecule has 0 spiro atoms. The van der Waals surface area contributed by atoms with Gasteiger partial charge in [0, 0.05) is 30.9 Å². The van der Waals surface area contributed by atoms with Crippen molar-refractivity contribution in [3.05, 3.63) is 105 Å². The summed E-state index contributed by atoms with van der Waals surface area (Å²) in [5, 5.41) is -1.06. The number of methoxy groups -OCH3 is 2. The van der Waals surface area contributed by atoms with Crippen LogP contribution >= 0.6 is 8.03 Å². The summed E-state index contributed by atoms with van der Waals surface area (Å²) < 4.78 is 32.7. The summed E-state index contributed by atoms with van der Waals surface area (Å²) in [6.45, 7) is 21.1. The largest absolute Gasteiger partial charge is 0.529 e. The summed E-state index contributed by atoms with van der Waals surface area (Å²) in [7, 11) is 1.19. The van der Waals surface area contributed by atoms with Crippen molar-refractivity contribution in [3.8, 4) is 0 Å². The van der Waals surface area contributed by atoms with Gasteiger partial charge in [0.05, 0.1) is 13.2 Å². The van der Waals surface area contributed by atoms with Crippen molar-refractivity contribution in [3.63, 3.8) is 0 Å². The van der Waals surface area contributed by atoms with E-state index in [-0.39, 0.29) is 16.2 Å². The first kappa shape index (κ1) is 31.6. The number of fused-ring (bicyclic) bond motifs is 1. The number of benzene rings is 3. The first-order chi connectivity index (χ1) is 19.0. The highest BCUT2D eigenvalue weighted by Crippen LogP contribution is 2.63. The molecule has 0 aliphatic carbocycles. The predicted octanol–water partition coefficient (Wildman–Crippen LogP) is 9.44. The molecule has 5 heteroatoms. The zero-order valence-corrected chi connectivity index (χ0v) is 27.8. The molecule has 0 saturated carbocycles. The molecule has 1 atom stereocenters. The van der Waals surface area contributed by atoms with Crippen LogP contribution in [0.4, 0.5) is 0 Å². The summed E-state index contributed by atoms with van der Waals surface area (Å²) in [5.41, 5.74) is 9.31. The predicted molar refractivity (Wildman–Crippen MR) is 169 cm³/mol. The molecule has 0 saturated heterocycles. The van der Waals surface area contributed by atoms with Crippen LogP contribution in [0.1, 0.15) is 112 Å². The molecule has 1 aliphatic heterocycles. The molecule has 0 bridgehead atoms. The highest BCUT2D eigenvalue weighted by atomic mass is 31.1. The summed E-state index contributed by atoms with van der Waals surface area (Å²) >= 11 is 0. The van der Waals surface area contributed by atoms with Crippen LogP contribution in [-0.4, -0.2) is 14.2 Å². The molecule has 1 heterocycles. The van der Waals surface area contributed by atoms with E-state index in [1.807, 2.05) is 0 Å². The van der Waals surface area contributed by atoms with E-state index in [2.05, 4.69) is 117 Å². The molecular formula is C36H48O4P+. The average molecular weight is 576 g/mol. The van der Waals surface area contributed by atoms with Gasteiger partial charge in [-0.1, -0.05) is 98.7 Å². The Morgan fingerprint density at radius 1 is 0.659 bits per heavy atom. The van der Waals surface area contributed by atoms with E-state index >= 15 is 0 Å². The molecule has 0 aromatic heterocycles. The van der Waals surface area contributed by atoms with Crippen molar-refractivity contribution in [2.45, 2.75) is 104 Å².